The first-order valence-corrected chi connectivity index (χ1v) is 7.90. The Bertz CT molecular complexity index is 582. The molecule has 20 heavy (non-hydrogen) atoms. The zero-order valence-electron chi connectivity index (χ0n) is 11.7. The summed E-state index contributed by atoms with van der Waals surface area (Å²) in [6.45, 7) is 1.87. The van der Waals surface area contributed by atoms with Crippen LogP contribution in [0.15, 0.2) is 23.1 Å². The van der Waals surface area contributed by atoms with Crippen molar-refractivity contribution < 1.29 is 23.1 Å². The van der Waals surface area contributed by atoms with Crippen molar-refractivity contribution in [2.24, 2.45) is 0 Å². The minimum Gasteiger partial charge on any atom is -0.389 e. The van der Waals surface area contributed by atoms with Gasteiger partial charge >= 0.3 is 0 Å². The van der Waals surface area contributed by atoms with E-state index in [4.69, 9.17) is 4.74 Å². The number of carbonyl (C=O) groups excluding carboxylic acids is 1. The number of methoxy groups -OCH3 is 1. The summed E-state index contributed by atoms with van der Waals surface area (Å²) in [5.41, 5.74) is 0.939. The molecule has 0 spiro atoms. The lowest BCUT2D eigenvalue weighted by molar-refractivity contribution is 0.0609. The Morgan fingerprint density at radius 2 is 2.10 bits per heavy atom. The molecule has 1 aromatic rings. The van der Waals surface area contributed by atoms with Gasteiger partial charge in [-0.25, -0.2) is 8.42 Å². The smallest absolute Gasteiger partial charge is 0.251 e. The van der Waals surface area contributed by atoms with Crippen LogP contribution >= 0.6 is 0 Å². The topological polar surface area (TPSA) is 92.7 Å². The van der Waals surface area contributed by atoms with Crippen molar-refractivity contribution in [3.05, 3.63) is 29.3 Å². The van der Waals surface area contributed by atoms with Crippen LogP contribution in [0.25, 0.3) is 0 Å². The number of aliphatic hydroxyl groups is 1. The van der Waals surface area contributed by atoms with Crippen LogP contribution in [-0.4, -0.2) is 52.1 Å². The third-order valence-electron chi connectivity index (χ3n) is 2.74. The molecule has 1 rings (SSSR count). The predicted octanol–water partition coefficient (Wildman–Crippen LogP) is 0.136. The fraction of sp³-hybridized carbons (Fsp3) is 0.462. The van der Waals surface area contributed by atoms with Gasteiger partial charge in [0.25, 0.3) is 5.91 Å². The van der Waals surface area contributed by atoms with E-state index in [1.165, 1.54) is 19.2 Å². The molecule has 0 radical (unpaired) electrons. The van der Waals surface area contributed by atoms with Gasteiger partial charge in [-0.3, -0.25) is 4.79 Å². The molecule has 0 saturated heterocycles. The lowest BCUT2D eigenvalue weighted by Crippen LogP contribution is -2.34. The molecule has 0 aliphatic rings. The number of aliphatic hydroxyl groups excluding tert-OH is 1. The second kappa shape index (κ2) is 6.83. The highest BCUT2D eigenvalue weighted by molar-refractivity contribution is 7.90. The highest BCUT2D eigenvalue weighted by atomic mass is 32.2. The number of amides is 1. The Labute approximate surface area is 118 Å². The van der Waals surface area contributed by atoms with Crippen LogP contribution in [0.1, 0.15) is 15.9 Å². The Balaban J connectivity index is 2.87. The molecular weight excluding hydrogens is 282 g/mol. The van der Waals surface area contributed by atoms with E-state index >= 15 is 0 Å². The van der Waals surface area contributed by atoms with Gasteiger partial charge in [0.2, 0.25) is 0 Å². The molecule has 0 bridgehead atoms. The maximum atomic E-state index is 12.0. The average Bonchev–Trinajstić information content (AvgIpc) is 2.35. The fourth-order valence-electron chi connectivity index (χ4n) is 1.63. The Morgan fingerprint density at radius 3 is 2.65 bits per heavy atom. The van der Waals surface area contributed by atoms with Gasteiger partial charge in [-0.05, 0) is 24.6 Å². The maximum absolute atomic E-state index is 12.0. The van der Waals surface area contributed by atoms with Gasteiger partial charge in [-0.15, -0.1) is 0 Å². The summed E-state index contributed by atoms with van der Waals surface area (Å²) in [6, 6.07) is 4.38. The van der Waals surface area contributed by atoms with E-state index in [0.717, 1.165) is 6.26 Å². The molecular formula is C13H19NO5S. The molecule has 112 valence electrons. The molecule has 6 nitrogen and oxygen atoms in total. The lowest BCUT2D eigenvalue weighted by Gasteiger charge is -2.12. The Morgan fingerprint density at radius 1 is 1.45 bits per heavy atom. The van der Waals surface area contributed by atoms with Crippen molar-refractivity contribution in [3.8, 4) is 0 Å². The van der Waals surface area contributed by atoms with Gasteiger partial charge in [0.15, 0.2) is 9.84 Å². The zero-order chi connectivity index (χ0) is 15.3. The number of ether oxygens (including phenoxy) is 1. The van der Waals surface area contributed by atoms with Crippen molar-refractivity contribution in [3.63, 3.8) is 0 Å². The van der Waals surface area contributed by atoms with Crippen molar-refractivity contribution in [1.29, 1.82) is 0 Å². The van der Waals surface area contributed by atoms with Crippen LogP contribution in [0.3, 0.4) is 0 Å². The Hall–Kier alpha value is -1.44. The van der Waals surface area contributed by atoms with Gasteiger partial charge in [-0.2, -0.15) is 0 Å². The molecule has 7 heteroatoms. The number of benzene rings is 1. The molecule has 1 aromatic carbocycles. The third-order valence-corrected chi connectivity index (χ3v) is 3.85. The van der Waals surface area contributed by atoms with Crippen molar-refractivity contribution >= 4 is 15.7 Å². The largest absolute Gasteiger partial charge is 0.389 e. The third kappa shape index (κ3) is 4.59. The maximum Gasteiger partial charge on any atom is 0.251 e. The van der Waals surface area contributed by atoms with Crippen LogP contribution in [-0.2, 0) is 14.6 Å². The molecule has 0 heterocycles. The number of rotatable bonds is 6. The van der Waals surface area contributed by atoms with Gasteiger partial charge in [0, 0.05) is 25.5 Å². The van der Waals surface area contributed by atoms with Crippen molar-refractivity contribution in [2.75, 3.05) is 26.5 Å². The summed E-state index contributed by atoms with van der Waals surface area (Å²) < 4.78 is 27.7. The minimum absolute atomic E-state index is 0.0369. The van der Waals surface area contributed by atoms with E-state index in [1.807, 2.05) is 0 Å². The van der Waals surface area contributed by atoms with Gasteiger partial charge < -0.3 is 15.2 Å². The molecule has 1 atom stereocenters. The van der Waals surface area contributed by atoms with Crippen LogP contribution < -0.4 is 5.32 Å². The molecule has 1 unspecified atom stereocenters. The summed E-state index contributed by atoms with van der Waals surface area (Å²) >= 11 is 0. The Kier molecular flexibility index (Phi) is 5.67. The second-order valence-corrected chi connectivity index (χ2v) is 6.58. The first-order chi connectivity index (χ1) is 9.25. The van der Waals surface area contributed by atoms with Crippen LogP contribution in [0.4, 0.5) is 0 Å². The summed E-state index contributed by atoms with van der Waals surface area (Å²) in [5.74, 6) is -0.428. The SMILES string of the molecule is COCC(O)CNC(=O)c1cc(S(C)(=O)=O)ccc1C. The van der Waals surface area contributed by atoms with Crippen molar-refractivity contribution in [2.45, 2.75) is 17.9 Å². The standard InChI is InChI=1S/C13H19NO5S/c1-9-4-5-11(20(3,17)18)6-12(9)13(16)14-7-10(15)8-19-2/h4-6,10,15H,7-8H2,1-3H3,(H,14,16). The van der Waals surface area contributed by atoms with E-state index < -0.39 is 21.8 Å². The number of aryl methyl sites for hydroxylation is 1. The molecule has 0 aliphatic carbocycles. The first-order valence-electron chi connectivity index (χ1n) is 6.01. The average molecular weight is 301 g/mol. The van der Waals surface area contributed by atoms with E-state index in [-0.39, 0.29) is 23.6 Å². The predicted molar refractivity (Wildman–Crippen MR) is 74.5 cm³/mol. The first kappa shape index (κ1) is 16.6. The van der Waals surface area contributed by atoms with Crippen LogP contribution in [0.2, 0.25) is 0 Å². The molecule has 0 saturated carbocycles. The van der Waals surface area contributed by atoms with E-state index in [9.17, 15) is 18.3 Å². The van der Waals surface area contributed by atoms with Crippen LogP contribution in [0, 0.1) is 6.92 Å². The minimum atomic E-state index is -3.36. The summed E-state index contributed by atoms with van der Waals surface area (Å²) in [4.78, 5) is 12.1. The van der Waals surface area contributed by atoms with Crippen LogP contribution in [0.5, 0.6) is 0 Å². The lowest BCUT2D eigenvalue weighted by atomic mass is 10.1. The molecule has 0 aromatic heterocycles. The monoisotopic (exact) mass is 301 g/mol. The summed E-state index contributed by atoms with van der Waals surface area (Å²) in [6.07, 6.45) is 0.282. The summed E-state index contributed by atoms with van der Waals surface area (Å²) in [7, 11) is -1.92. The van der Waals surface area contributed by atoms with E-state index in [1.54, 1.807) is 13.0 Å². The van der Waals surface area contributed by atoms with E-state index in [0.29, 0.717) is 5.56 Å². The zero-order valence-corrected chi connectivity index (χ0v) is 12.5. The number of hydrogen-bond donors (Lipinski definition) is 2. The number of nitrogens with one attached hydrogen (secondary N) is 1. The number of hydrogen-bond acceptors (Lipinski definition) is 5. The fourth-order valence-corrected chi connectivity index (χ4v) is 2.28. The molecule has 2 N–H and O–H groups in total. The summed E-state index contributed by atoms with van der Waals surface area (Å²) in [5, 5.41) is 12.0. The highest BCUT2D eigenvalue weighted by Gasteiger charge is 2.15. The van der Waals surface area contributed by atoms with Gasteiger partial charge in [0.1, 0.15) is 0 Å². The normalized spacial score (nSPS) is 13.0. The quantitative estimate of drug-likeness (QED) is 0.779. The molecule has 0 aliphatic heterocycles. The van der Waals surface area contributed by atoms with Gasteiger partial charge in [-0.1, -0.05) is 6.07 Å². The van der Waals surface area contributed by atoms with Gasteiger partial charge in [0.05, 0.1) is 17.6 Å². The van der Waals surface area contributed by atoms with E-state index in [2.05, 4.69) is 5.32 Å². The number of sulfone groups is 1. The van der Waals surface area contributed by atoms with Crippen molar-refractivity contribution in [1.82, 2.24) is 5.32 Å². The second-order valence-electron chi connectivity index (χ2n) is 4.57. The number of carbonyl (C=O) groups is 1. The highest BCUT2D eigenvalue weighted by Crippen LogP contribution is 2.15. The molecule has 1 amide bonds. The molecule has 0 fully saturated rings.